The van der Waals surface area contributed by atoms with Gasteiger partial charge in [0.1, 0.15) is 17.8 Å². The Kier molecular flexibility index (Phi) is 2.55. The zero-order valence-electron chi connectivity index (χ0n) is 9.15. The molecule has 0 radical (unpaired) electrons. The van der Waals surface area contributed by atoms with Crippen LogP contribution in [0.25, 0.3) is 0 Å². The maximum atomic E-state index is 5.93. The average Bonchev–Trinajstić information content (AvgIpc) is 2.54. The second-order valence-corrected chi connectivity index (χ2v) is 4.11. The van der Waals surface area contributed by atoms with Crippen LogP contribution in [0.2, 0.25) is 0 Å². The third kappa shape index (κ3) is 1.15. The fraction of sp³-hybridized carbons (Fsp3) is 1.00. The van der Waals surface area contributed by atoms with Gasteiger partial charge >= 0.3 is 0 Å². The second kappa shape index (κ2) is 3.45. The van der Waals surface area contributed by atoms with Crippen molar-refractivity contribution in [3.63, 3.8) is 0 Å². The smallest absolute Gasteiger partial charge is 0.146 e. The maximum absolute atomic E-state index is 5.93. The minimum absolute atomic E-state index is 0.00699. The lowest BCUT2D eigenvalue weighted by Crippen LogP contribution is -2.50. The quantitative estimate of drug-likeness (QED) is 0.671. The molecule has 2 heterocycles. The van der Waals surface area contributed by atoms with Gasteiger partial charge < -0.3 is 18.9 Å². The molecule has 82 valence electrons. The lowest BCUT2D eigenvalue weighted by atomic mass is 9.94. The molecule has 2 rings (SSSR count). The average molecular weight is 202 g/mol. The Bertz CT molecular complexity index is 220. The Labute approximate surface area is 84.5 Å². The van der Waals surface area contributed by atoms with Crippen LogP contribution in [0.4, 0.5) is 0 Å². The minimum Gasteiger partial charge on any atom is -0.381 e. The molecule has 0 aromatic carbocycles. The Morgan fingerprint density at radius 1 is 1.29 bits per heavy atom. The van der Waals surface area contributed by atoms with Gasteiger partial charge in [-0.15, -0.1) is 0 Å². The third-order valence-corrected chi connectivity index (χ3v) is 3.32. The molecule has 2 saturated heterocycles. The Morgan fingerprint density at radius 2 is 2.00 bits per heavy atom. The zero-order valence-corrected chi connectivity index (χ0v) is 9.15. The fourth-order valence-corrected chi connectivity index (χ4v) is 2.66. The van der Waals surface area contributed by atoms with Crippen molar-refractivity contribution in [2.24, 2.45) is 0 Å². The summed E-state index contributed by atoms with van der Waals surface area (Å²) < 4.78 is 22.4. The van der Waals surface area contributed by atoms with Crippen molar-refractivity contribution in [2.75, 3.05) is 20.8 Å². The summed E-state index contributed by atoms with van der Waals surface area (Å²) in [5, 5.41) is 0. The maximum Gasteiger partial charge on any atom is 0.146 e. The molecule has 4 heteroatoms. The highest BCUT2D eigenvalue weighted by atomic mass is 16.7. The highest BCUT2D eigenvalue weighted by Gasteiger charge is 2.64. The molecule has 0 aromatic rings. The number of rotatable bonds is 3. The van der Waals surface area contributed by atoms with Crippen LogP contribution in [-0.2, 0) is 18.9 Å². The SMILES string of the molecule is COCC12OC(C)C(OC1C)C2OC. The van der Waals surface area contributed by atoms with Gasteiger partial charge in [0.15, 0.2) is 0 Å². The van der Waals surface area contributed by atoms with Crippen molar-refractivity contribution in [3.8, 4) is 0 Å². The molecule has 2 bridgehead atoms. The van der Waals surface area contributed by atoms with Crippen molar-refractivity contribution in [1.29, 1.82) is 0 Å². The molecular formula is C10H18O4. The molecule has 0 amide bonds. The van der Waals surface area contributed by atoms with E-state index >= 15 is 0 Å². The summed E-state index contributed by atoms with van der Waals surface area (Å²) in [6.07, 6.45) is 0.164. The van der Waals surface area contributed by atoms with E-state index in [1.54, 1.807) is 14.2 Å². The minimum atomic E-state index is -0.409. The lowest BCUT2D eigenvalue weighted by molar-refractivity contribution is -0.194. The number of hydrogen-bond acceptors (Lipinski definition) is 4. The molecule has 0 aliphatic carbocycles. The Balaban J connectivity index is 2.25. The van der Waals surface area contributed by atoms with Gasteiger partial charge in [-0.3, -0.25) is 0 Å². The molecule has 0 N–H and O–H groups in total. The zero-order chi connectivity index (χ0) is 10.3. The normalized spacial score (nSPS) is 51.4. The van der Waals surface area contributed by atoms with E-state index in [9.17, 15) is 0 Å². The van der Waals surface area contributed by atoms with E-state index in [4.69, 9.17) is 18.9 Å². The van der Waals surface area contributed by atoms with E-state index in [1.807, 2.05) is 13.8 Å². The molecule has 2 aliphatic rings. The first-order valence-electron chi connectivity index (χ1n) is 5.00. The van der Waals surface area contributed by atoms with E-state index in [0.29, 0.717) is 6.61 Å². The molecule has 5 unspecified atom stereocenters. The van der Waals surface area contributed by atoms with E-state index < -0.39 is 5.60 Å². The first-order valence-corrected chi connectivity index (χ1v) is 5.00. The van der Waals surface area contributed by atoms with E-state index in [2.05, 4.69) is 0 Å². The predicted molar refractivity (Wildman–Crippen MR) is 50.3 cm³/mol. The van der Waals surface area contributed by atoms with Crippen molar-refractivity contribution < 1.29 is 18.9 Å². The molecule has 2 fully saturated rings. The van der Waals surface area contributed by atoms with Gasteiger partial charge in [0.25, 0.3) is 0 Å². The standard InChI is InChI=1S/C10H18O4/c1-6-8-9(12-4)10(14-6,5-11-3)7(2)13-8/h6-9H,5H2,1-4H3. The van der Waals surface area contributed by atoms with Crippen molar-refractivity contribution in [2.45, 2.75) is 43.9 Å². The lowest BCUT2D eigenvalue weighted by Gasteiger charge is -2.34. The number of fused-ring (bicyclic) bond motifs is 2. The van der Waals surface area contributed by atoms with Gasteiger partial charge in [0, 0.05) is 14.2 Å². The highest BCUT2D eigenvalue weighted by molar-refractivity contribution is 5.11. The molecule has 0 spiro atoms. The number of methoxy groups -OCH3 is 2. The van der Waals surface area contributed by atoms with E-state index in [1.165, 1.54) is 0 Å². The molecular weight excluding hydrogens is 184 g/mol. The largest absolute Gasteiger partial charge is 0.381 e. The van der Waals surface area contributed by atoms with Gasteiger partial charge in [-0.2, -0.15) is 0 Å². The van der Waals surface area contributed by atoms with Gasteiger partial charge in [-0.1, -0.05) is 0 Å². The summed E-state index contributed by atoms with van der Waals surface area (Å²) in [6, 6.07) is 0. The van der Waals surface area contributed by atoms with Gasteiger partial charge in [0.2, 0.25) is 0 Å². The van der Waals surface area contributed by atoms with Crippen LogP contribution in [0.1, 0.15) is 13.8 Å². The van der Waals surface area contributed by atoms with Crippen molar-refractivity contribution in [1.82, 2.24) is 0 Å². The summed E-state index contributed by atoms with van der Waals surface area (Å²) >= 11 is 0. The number of ether oxygens (including phenoxy) is 4. The van der Waals surface area contributed by atoms with Crippen LogP contribution in [0.15, 0.2) is 0 Å². The summed E-state index contributed by atoms with van der Waals surface area (Å²) in [7, 11) is 3.37. The Morgan fingerprint density at radius 3 is 2.57 bits per heavy atom. The van der Waals surface area contributed by atoms with Gasteiger partial charge in [-0.25, -0.2) is 0 Å². The summed E-state index contributed by atoms with van der Waals surface area (Å²) in [5.41, 5.74) is -0.409. The van der Waals surface area contributed by atoms with Crippen LogP contribution in [0.5, 0.6) is 0 Å². The highest BCUT2D eigenvalue weighted by Crippen LogP contribution is 2.45. The van der Waals surface area contributed by atoms with Gasteiger partial charge in [-0.05, 0) is 13.8 Å². The topological polar surface area (TPSA) is 36.9 Å². The van der Waals surface area contributed by atoms with Crippen molar-refractivity contribution >= 4 is 0 Å². The summed E-state index contributed by atoms with van der Waals surface area (Å²) in [6.45, 7) is 4.55. The molecule has 4 nitrogen and oxygen atoms in total. The van der Waals surface area contributed by atoms with Crippen molar-refractivity contribution in [3.05, 3.63) is 0 Å². The molecule has 2 aliphatic heterocycles. The van der Waals surface area contributed by atoms with Crippen LogP contribution in [0.3, 0.4) is 0 Å². The first kappa shape index (κ1) is 10.4. The number of hydrogen-bond donors (Lipinski definition) is 0. The first-order chi connectivity index (χ1) is 6.65. The molecule has 14 heavy (non-hydrogen) atoms. The second-order valence-electron chi connectivity index (χ2n) is 4.11. The predicted octanol–water partition coefficient (Wildman–Crippen LogP) is 0.593. The molecule has 0 aromatic heterocycles. The molecule has 0 saturated carbocycles. The third-order valence-electron chi connectivity index (χ3n) is 3.32. The van der Waals surface area contributed by atoms with Crippen LogP contribution in [-0.4, -0.2) is 50.8 Å². The fourth-order valence-electron chi connectivity index (χ4n) is 2.66. The van der Waals surface area contributed by atoms with Crippen LogP contribution in [0, 0.1) is 0 Å². The Hall–Kier alpha value is -0.160. The van der Waals surface area contributed by atoms with Gasteiger partial charge in [0.05, 0.1) is 18.8 Å². The monoisotopic (exact) mass is 202 g/mol. The van der Waals surface area contributed by atoms with E-state index in [-0.39, 0.29) is 24.4 Å². The van der Waals surface area contributed by atoms with E-state index in [0.717, 1.165) is 0 Å². The summed E-state index contributed by atoms with van der Waals surface area (Å²) in [4.78, 5) is 0. The van der Waals surface area contributed by atoms with Crippen LogP contribution >= 0.6 is 0 Å². The summed E-state index contributed by atoms with van der Waals surface area (Å²) in [5.74, 6) is 0. The van der Waals surface area contributed by atoms with Crippen LogP contribution < -0.4 is 0 Å². The molecule has 5 atom stereocenters.